The van der Waals surface area contributed by atoms with Gasteiger partial charge in [0.2, 0.25) is 0 Å². The minimum Gasteiger partial charge on any atom is -0.493 e. The van der Waals surface area contributed by atoms with E-state index in [1.165, 1.54) is 46.0 Å². The minimum absolute atomic E-state index is 0.766. The van der Waals surface area contributed by atoms with Crippen LogP contribution in [0.3, 0.4) is 0 Å². The molecule has 0 spiro atoms. The van der Waals surface area contributed by atoms with Crippen LogP contribution in [-0.4, -0.2) is 20.8 Å². The van der Waals surface area contributed by atoms with Gasteiger partial charge < -0.3 is 14.8 Å². The van der Waals surface area contributed by atoms with E-state index < -0.39 is 0 Å². The van der Waals surface area contributed by atoms with Crippen molar-refractivity contribution in [3.63, 3.8) is 0 Å². The molecule has 3 heteroatoms. The van der Waals surface area contributed by atoms with Gasteiger partial charge in [-0.1, -0.05) is 30.3 Å². The molecule has 0 atom stereocenters. The first-order chi connectivity index (χ1) is 12.3. The molecule has 0 radical (unpaired) electrons. The Morgan fingerprint density at radius 1 is 0.880 bits per heavy atom. The monoisotopic (exact) mass is 333 g/mol. The van der Waals surface area contributed by atoms with Crippen molar-refractivity contribution in [2.24, 2.45) is 0 Å². The van der Waals surface area contributed by atoms with Crippen LogP contribution in [0.4, 0.5) is 5.69 Å². The average molecular weight is 333 g/mol. The molecule has 0 amide bonds. The quantitative estimate of drug-likeness (QED) is 0.708. The van der Waals surface area contributed by atoms with Crippen molar-refractivity contribution < 1.29 is 9.47 Å². The third-order valence-electron chi connectivity index (χ3n) is 4.99. The average Bonchev–Trinajstić information content (AvgIpc) is 2.93. The van der Waals surface area contributed by atoms with Crippen molar-refractivity contribution >= 4 is 16.5 Å². The first kappa shape index (κ1) is 15.8. The molecular weight excluding hydrogens is 310 g/mol. The normalized spacial score (nSPS) is 13.7. The molecule has 0 aliphatic carbocycles. The molecule has 3 aromatic rings. The van der Waals surface area contributed by atoms with Gasteiger partial charge >= 0.3 is 0 Å². The number of rotatable bonds is 3. The molecule has 25 heavy (non-hydrogen) atoms. The summed E-state index contributed by atoms with van der Waals surface area (Å²) in [6, 6.07) is 17.1. The van der Waals surface area contributed by atoms with Crippen molar-refractivity contribution in [3.05, 3.63) is 54.1 Å². The van der Waals surface area contributed by atoms with E-state index >= 15 is 0 Å². The zero-order chi connectivity index (χ0) is 17.2. The zero-order valence-electron chi connectivity index (χ0n) is 14.8. The molecule has 0 fully saturated rings. The summed E-state index contributed by atoms with van der Waals surface area (Å²) in [7, 11) is 3.37. The van der Waals surface area contributed by atoms with Crippen molar-refractivity contribution in [1.82, 2.24) is 0 Å². The molecule has 3 nitrogen and oxygen atoms in total. The predicted octanol–water partition coefficient (Wildman–Crippen LogP) is 5.27. The van der Waals surface area contributed by atoms with Gasteiger partial charge in [-0.25, -0.2) is 0 Å². The number of methoxy groups -OCH3 is 2. The Labute approximate surface area is 148 Å². The van der Waals surface area contributed by atoms with E-state index in [9.17, 15) is 0 Å². The van der Waals surface area contributed by atoms with Crippen LogP contribution in [0.15, 0.2) is 48.5 Å². The van der Waals surface area contributed by atoms with Crippen LogP contribution in [0.25, 0.3) is 21.9 Å². The molecule has 1 N–H and O–H groups in total. The molecule has 128 valence electrons. The highest BCUT2D eigenvalue weighted by molar-refractivity contribution is 6.02. The fourth-order valence-electron chi connectivity index (χ4n) is 3.75. The molecule has 1 aliphatic rings. The molecule has 0 saturated carbocycles. The van der Waals surface area contributed by atoms with Crippen molar-refractivity contribution in [3.8, 4) is 22.6 Å². The Balaban J connectivity index is 2.04. The Kier molecular flexibility index (Phi) is 4.22. The highest BCUT2D eigenvalue weighted by Crippen LogP contribution is 2.42. The zero-order valence-corrected chi connectivity index (χ0v) is 14.8. The van der Waals surface area contributed by atoms with Crippen LogP contribution in [0.1, 0.15) is 18.4 Å². The largest absolute Gasteiger partial charge is 0.493 e. The number of hydrogen-bond donors (Lipinski definition) is 1. The highest BCUT2D eigenvalue weighted by Gasteiger charge is 2.18. The van der Waals surface area contributed by atoms with Crippen LogP contribution < -0.4 is 14.8 Å². The molecule has 1 aliphatic heterocycles. The van der Waals surface area contributed by atoms with Gasteiger partial charge in [0.15, 0.2) is 11.5 Å². The summed E-state index contributed by atoms with van der Waals surface area (Å²) >= 11 is 0. The second kappa shape index (κ2) is 6.67. The highest BCUT2D eigenvalue weighted by atomic mass is 16.5. The smallest absolute Gasteiger partial charge is 0.161 e. The summed E-state index contributed by atoms with van der Waals surface area (Å²) in [6.07, 6.45) is 3.49. The minimum atomic E-state index is 0.766. The molecule has 4 rings (SSSR count). The van der Waals surface area contributed by atoms with Crippen LogP contribution >= 0.6 is 0 Å². The summed E-state index contributed by atoms with van der Waals surface area (Å²) < 4.78 is 11.0. The Bertz CT molecular complexity index is 903. The second-order valence-electron chi connectivity index (χ2n) is 6.46. The van der Waals surface area contributed by atoms with Crippen molar-refractivity contribution in [2.75, 3.05) is 26.1 Å². The number of anilines is 1. The van der Waals surface area contributed by atoms with Gasteiger partial charge in [-0.2, -0.15) is 0 Å². The topological polar surface area (TPSA) is 30.5 Å². The third-order valence-corrected chi connectivity index (χ3v) is 4.99. The lowest BCUT2D eigenvalue weighted by molar-refractivity contribution is 0.356. The summed E-state index contributed by atoms with van der Waals surface area (Å²) in [5, 5.41) is 6.04. The van der Waals surface area contributed by atoms with Crippen LogP contribution in [-0.2, 0) is 6.42 Å². The number of benzene rings is 3. The van der Waals surface area contributed by atoms with Gasteiger partial charge in [-0.3, -0.25) is 0 Å². The van der Waals surface area contributed by atoms with Crippen LogP contribution in [0.5, 0.6) is 11.5 Å². The van der Waals surface area contributed by atoms with E-state index in [0.717, 1.165) is 24.5 Å². The molecule has 0 aromatic heterocycles. The van der Waals surface area contributed by atoms with Gasteiger partial charge in [-0.15, -0.1) is 0 Å². The van der Waals surface area contributed by atoms with Crippen molar-refractivity contribution in [1.29, 1.82) is 0 Å². The van der Waals surface area contributed by atoms with Crippen LogP contribution in [0, 0.1) is 0 Å². The maximum Gasteiger partial charge on any atom is 0.161 e. The predicted molar refractivity (Wildman–Crippen MR) is 104 cm³/mol. The first-order valence-electron chi connectivity index (χ1n) is 8.82. The fourth-order valence-corrected chi connectivity index (χ4v) is 3.75. The molecule has 0 unspecified atom stereocenters. The second-order valence-corrected chi connectivity index (χ2v) is 6.46. The standard InChI is InChI=1S/C22H23NO2/c1-24-20-13-16-12-18(15-8-4-3-5-9-15)17-10-6-7-11-23-22(17)19(16)14-21(20)25-2/h3-5,8-9,12-14,23H,6-7,10-11H2,1-2H3. The Morgan fingerprint density at radius 3 is 2.40 bits per heavy atom. The lowest BCUT2D eigenvalue weighted by atomic mass is 9.91. The van der Waals surface area contributed by atoms with Gasteiger partial charge in [0.05, 0.1) is 14.2 Å². The maximum absolute atomic E-state index is 5.53. The van der Waals surface area contributed by atoms with Gasteiger partial charge in [-0.05, 0) is 59.5 Å². The Hall–Kier alpha value is -2.68. The van der Waals surface area contributed by atoms with E-state index in [2.05, 4.69) is 53.8 Å². The number of fused-ring (bicyclic) bond motifs is 3. The summed E-state index contributed by atoms with van der Waals surface area (Å²) in [6.45, 7) is 1.01. The number of hydrogen-bond acceptors (Lipinski definition) is 3. The lowest BCUT2D eigenvalue weighted by Gasteiger charge is -2.19. The molecule has 0 bridgehead atoms. The van der Waals surface area contributed by atoms with E-state index in [1.54, 1.807) is 14.2 Å². The van der Waals surface area contributed by atoms with Crippen LogP contribution in [0.2, 0.25) is 0 Å². The van der Waals surface area contributed by atoms with Gasteiger partial charge in [0, 0.05) is 17.6 Å². The molecular formula is C22H23NO2. The number of ether oxygens (including phenoxy) is 2. The SMILES string of the molecule is COc1cc2cc(-c3ccccc3)c3c(c2cc1OC)NCCCC3. The number of nitrogens with one attached hydrogen (secondary N) is 1. The first-order valence-corrected chi connectivity index (χ1v) is 8.82. The third kappa shape index (κ3) is 2.80. The molecule has 3 aromatic carbocycles. The van der Waals surface area contributed by atoms with E-state index in [-0.39, 0.29) is 0 Å². The molecule has 1 heterocycles. The van der Waals surface area contributed by atoms with E-state index in [4.69, 9.17) is 9.47 Å². The molecule has 0 saturated heterocycles. The van der Waals surface area contributed by atoms with Crippen molar-refractivity contribution in [2.45, 2.75) is 19.3 Å². The fraction of sp³-hybridized carbons (Fsp3) is 0.273. The lowest BCUT2D eigenvalue weighted by Crippen LogP contribution is -2.02. The Morgan fingerprint density at radius 2 is 1.64 bits per heavy atom. The van der Waals surface area contributed by atoms with Gasteiger partial charge in [0.25, 0.3) is 0 Å². The summed E-state index contributed by atoms with van der Waals surface area (Å²) in [5.41, 5.74) is 5.22. The summed E-state index contributed by atoms with van der Waals surface area (Å²) in [5.74, 6) is 1.54. The summed E-state index contributed by atoms with van der Waals surface area (Å²) in [4.78, 5) is 0. The van der Waals surface area contributed by atoms with E-state index in [0.29, 0.717) is 0 Å². The maximum atomic E-state index is 5.53. The van der Waals surface area contributed by atoms with E-state index in [1.807, 2.05) is 0 Å². The van der Waals surface area contributed by atoms with Gasteiger partial charge in [0.1, 0.15) is 0 Å².